The Morgan fingerprint density at radius 1 is 1.24 bits per heavy atom. The van der Waals surface area contributed by atoms with Crippen LogP contribution in [0.3, 0.4) is 0 Å². The van der Waals surface area contributed by atoms with Crippen LogP contribution in [0.5, 0.6) is 0 Å². The number of rotatable bonds is 5. The molecule has 0 atom stereocenters. The van der Waals surface area contributed by atoms with E-state index >= 15 is 0 Å². The predicted molar refractivity (Wildman–Crippen MR) is 91.3 cm³/mol. The summed E-state index contributed by atoms with van der Waals surface area (Å²) in [4.78, 5) is 38.8. The topological polar surface area (TPSA) is 117 Å². The fourth-order valence-corrected chi connectivity index (χ4v) is 3.40. The second-order valence-corrected chi connectivity index (χ2v) is 6.71. The Bertz CT molecular complexity index is 1170. The van der Waals surface area contributed by atoms with Gasteiger partial charge in [-0.25, -0.2) is 13.9 Å². The number of aromatic amines is 1. The highest BCUT2D eigenvalue weighted by Crippen LogP contribution is 2.35. The molecule has 0 bridgehead atoms. The van der Waals surface area contributed by atoms with Gasteiger partial charge in [0.1, 0.15) is 29.3 Å². The molecule has 0 radical (unpaired) electrons. The molecule has 3 rings (SSSR count). The van der Waals surface area contributed by atoms with E-state index in [1.807, 2.05) is 5.32 Å². The van der Waals surface area contributed by atoms with Crippen molar-refractivity contribution in [2.24, 2.45) is 0 Å². The Labute approximate surface area is 162 Å². The van der Waals surface area contributed by atoms with Gasteiger partial charge in [0, 0.05) is 11.0 Å². The van der Waals surface area contributed by atoms with E-state index < -0.39 is 47.0 Å². The van der Waals surface area contributed by atoms with Gasteiger partial charge in [0.05, 0.1) is 5.56 Å². The summed E-state index contributed by atoms with van der Waals surface area (Å²) in [7, 11) is 0. The number of fused-ring (bicyclic) bond motifs is 1. The number of amides is 1. The summed E-state index contributed by atoms with van der Waals surface area (Å²) in [5.74, 6) is -3.42. The predicted octanol–water partition coefficient (Wildman–Crippen LogP) is 2.15. The molecule has 29 heavy (non-hydrogen) atoms. The molecule has 0 aliphatic rings. The van der Waals surface area contributed by atoms with Crippen molar-refractivity contribution in [1.29, 1.82) is 0 Å². The number of hydrogen-bond donors (Lipinski definition) is 3. The van der Waals surface area contributed by atoms with Crippen LogP contribution in [0.25, 0.3) is 5.65 Å². The normalized spacial score (nSPS) is 11.6. The van der Waals surface area contributed by atoms with Crippen LogP contribution in [0.4, 0.5) is 17.6 Å². The summed E-state index contributed by atoms with van der Waals surface area (Å²) in [5, 5.41) is 13.3. The van der Waals surface area contributed by atoms with Gasteiger partial charge in [-0.2, -0.15) is 13.2 Å². The zero-order valence-electron chi connectivity index (χ0n) is 14.1. The molecule has 0 fully saturated rings. The van der Waals surface area contributed by atoms with Crippen LogP contribution in [0.1, 0.15) is 15.9 Å². The van der Waals surface area contributed by atoms with Gasteiger partial charge in [-0.05, 0) is 18.2 Å². The molecule has 13 heteroatoms. The molecular formula is C16H10F4N4O4S. The molecule has 0 saturated heterocycles. The van der Waals surface area contributed by atoms with Crippen LogP contribution in [-0.4, -0.2) is 38.1 Å². The first kappa shape index (κ1) is 20.4. The minimum atomic E-state index is -4.76. The number of nitrogens with one attached hydrogen (secondary N) is 2. The van der Waals surface area contributed by atoms with E-state index in [0.717, 1.165) is 23.0 Å². The van der Waals surface area contributed by atoms with Crippen LogP contribution >= 0.6 is 11.8 Å². The first-order chi connectivity index (χ1) is 13.6. The summed E-state index contributed by atoms with van der Waals surface area (Å²) in [6, 6.07) is 2.87. The Hall–Kier alpha value is -3.35. The van der Waals surface area contributed by atoms with E-state index in [-0.39, 0.29) is 15.6 Å². The van der Waals surface area contributed by atoms with Gasteiger partial charge >= 0.3 is 12.1 Å². The molecule has 1 amide bonds. The number of aliphatic carboxylic acids is 1. The first-order valence-corrected chi connectivity index (χ1v) is 8.52. The number of hydrogen-bond acceptors (Lipinski definition) is 5. The van der Waals surface area contributed by atoms with Crippen LogP contribution in [0.15, 0.2) is 45.3 Å². The average Bonchev–Trinajstić information content (AvgIpc) is 3.08. The van der Waals surface area contributed by atoms with Crippen molar-refractivity contribution in [3.05, 3.63) is 57.8 Å². The number of carbonyl (C=O) groups excluding carboxylic acids is 1. The maximum absolute atomic E-state index is 13.6. The van der Waals surface area contributed by atoms with Crippen molar-refractivity contribution in [3.8, 4) is 0 Å². The second kappa shape index (κ2) is 7.58. The highest BCUT2D eigenvalue weighted by Gasteiger charge is 2.31. The molecule has 152 valence electrons. The van der Waals surface area contributed by atoms with E-state index in [2.05, 4.69) is 10.1 Å². The zero-order chi connectivity index (χ0) is 21.3. The molecule has 0 saturated carbocycles. The second-order valence-electron chi connectivity index (χ2n) is 5.62. The highest BCUT2D eigenvalue weighted by molar-refractivity contribution is 7.99. The summed E-state index contributed by atoms with van der Waals surface area (Å²) < 4.78 is 53.4. The fraction of sp³-hybridized carbons (Fsp3) is 0.125. The van der Waals surface area contributed by atoms with Gasteiger partial charge in [-0.3, -0.25) is 19.5 Å². The lowest BCUT2D eigenvalue weighted by Crippen LogP contribution is -2.33. The fourth-order valence-electron chi connectivity index (χ4n) is 2.41. The SMILES string of the molecule is O=C(O)CNC(=O)c1c(=O)cc(Sc2cc(F)cc(C(F)(F)F)c2)n2[nH]cnc12. The minimum absolute atomic E-state index is 0.0380. The Balaban J connectivity index is 2.03. The van der Waals surface area contributed by atoms with Crippen molar-refractivity contribution in [3.63, 3.8) is 0 Å². The van der Waals surface area contributed by atoms with Crippen LogP contribution in [0.2, 0.25) is 0 Å². The maximum atomic E-state index is 13.6. The van der Waals surface area contributed by atoms with E-state index in [9.17, 15) is 31.9 Å². The number of H-pyrrole nitrogens is 1. The van der Waals surface area contributed by atoms with Crippen molar-refractivity contribution < 1.29 is 32.3 Å². The van der Waals surface area contributed by atoms with E-state index in [1.165, 1.54) is 0 Å². The minimum Gasteiger partial charge on any atom is -0.480 e. The van der Waals surface area contributed by atoms with E-state index in [1.54, 1.807) is 0 Å². The van der Waals surface area contributed by atoms with Gasteiger partial charge in [0.25, 0.3) is 5.91 Å². The maximum Gasteiger partial charge on any atom is 0.416 e. The summed E-state index contributed by atoms with van der Waals surface area (Å²) >= 11 is 0.645. The number of benzene rings is 1. The Morgan fingerprint density at radius 2 is 1.97 bits per heavy atom. The van der Waals surface area contributed by atoms with Gasteiger partial charge in [-0.15, -0.1) is 0 Å². The van der Waals surface area contributed by atoms with Crippen molar-refractivity contribution in [1.82, 2.24) is 19.9 Å². The average molecular weight is 430 g/mol. The van der Waals surface area contributed by atoms with Gasteiger partial charge < -0.3 is 10.4 Å². The molecule has 0 aliphatic carbocycles. The highest BCUT2D eigenvalue weighted by atomic mass is 32.2. The standard InChI is InChI=1S/C16H10F4N4O4S/c17-8-1-7(16(18,19)20)2-9(3-8)29-11-4-10(25)13(14-22-6-23-24(11)14)15(28)21-5-12(26)27/h1-4,6H,5H2,(H,21,28)(H,22,23)(H,26,27). The van der Waals surface area contributed by atoms with Gasteiger partial charge in [0.2, 0.25) is 0 Å². The molecule has 3 N–H and O–H groups in total. The Kier molecular flexibility index (Phi) is 5.33. The van der Waals surface area contributed by atoms with Crippen molar-refractivity contribution in [2.45, 2.75) is 16.1 Å². The lowest BCUT2D eigenvalue weighted by molar-refractivity contribution is -0.138. The third-order valence-electron chi connectivity index (χ3n) is 3.58. The van der Waals surface area contributed by atoms with E-state index in [4.69, 9.17) is 5.11 Å². The molecule has 8 nitrogen and oxygen atoms in total. The molecule has 1 aromatic carbocycles. The van der Waals surface area contributed by atoms with Crippen LogP contribution in [-0.2, 0) is 11.0 Å². The largest absolute Gasteiger partial charge is 0.480 e. The number of alkyl halides is 3. The smallest absolute Gasteiger partial charge is 0.416 e. The first-order valence-electron chi connectivity index (χ1n) is 7.71. The lowest BCUT2D eigenvalue weighted by atomic mass is 10.2. The summed E-state index contributed by atoms with van der Waals surface area (Å²) in [6.45, 7) is -0.727. The number of carboxylic acids is 1. The number of carboxylic acid groups (broad SMARTS) is 1. The quantitative estimate of drug-likeness (QED) is 0.534. The third-order valence-corrected chi connectivity index (χ3v) is 4.56. The molecule has 2 aromatic heterocycles. The lowest BCUT2D eigenvalue weighted by Gasteiger charge is -2.11. The van der Waals surface area contributed by atoms with Crippen LogP contribution in [0, 0.1) is 5.82 Å². The number of halogens is 4. The van der Waals surface area contributed by atoms with Crippen LogP contribution < -0.4 is 10.7 Å². The van der Waals surface area contributed by atoms with Crippen molar-refractivity contribution in [2.75, 3.05) is 6.54 Å². The van der Waals surface area contributed by atoms with Crippen molar-refractivity contribution >= 4 is 29.3 Å². The molecular weight excluding hydrogens is 420 g/mol. The molecule has 0 aliphatic heterocycles. The molecule has 3 aromatic rings. The molecule has 2 heterocycles. The number of carbonyl (C=O) groups is 2. The third kappa shape index (κ3) is 4.39. The monoisotopic (exact) mass is 430 g/mol. The number of nitrogens with zero attached hydrogens (tertiary/aromatic N) is 2. The van der Waals surface area contributed by atoms with E-state index in [0.29, 0.717) is 23.9 Å². The summed E-state index contributed by atoms with van der Waals surface area (Å²) in [6.07, 6.45) is -3.64. The number of aromatic nitrogens is 3. The number of pyridine rings is 1. The van der Waals surface area contributed by atoms with Gasteiger partial charge in [-0.1, -0.05) is 11.8 Å². The Morgan fingerprint density at radius 3 is 2.62 bits per heavy atom. The van der Waals surface area contributed by atoms with Gasteiger partial charge in [0.15, 0.2) is 11.1 Å². The summed E-state index contributed by atoms with van der Waals surface area (Å²) in [5.41, 5.74) is -2.66. The zero-order valence-corrected chi connectivity index (χ0v) is 14.9. The molecule has 0 spiro atoms. The molecule has 0 unspecified atom stereocenters.